The molecule has 0 saturated heterocycles. The van der Waals surface area contributed by atoms with E-state index in [1.807, 2.05) is 12.1 Å². The fourth-order valence-corrected chi connectivity index (χ4v) is 4.56. The third kappa shape index (κ3) is 6.51. The standard InChI is InChI=1S/C17H30ClNOSi/c1-14(13-19(3)4)17(2,20-21(5,6)7)12-15-8-10-16(18)11-9-15/h8-11,14H,12-13H2,1-7H3. The molecule has 0 aliphatic rings. The molecule has 0 radical (unpaired) electrons. The molecule has 0 aromatic heterocycles. The van der Waals surface area contributed by atoms with Crippen LogP contribution in [-0.4, -0.2) is 39.5 Å². The minimum atomic E-state index is -1.62. The van der Waals surface area contributed by atoms with Gasteiger partial charge in [-0.1, -0.05) is 30.7 Å². The normalized spacial score (nSPS) is 16.8. The highest BCUT2D eigenvalue weighted by molar-refractivity contribution is 6.69. The average molecular weight is 328 g/mol. The second-order valence-electron chi connectivity index (χ2n) is 7.49. The summed E-state index contributed by atoms with van der Waals surface area (Å²) in [7, 11) is 2.62. The van der Waals surface area contributed by atoms with Gasteiger partial charge in [0.1, 0.15) is 0 Å². The number of benzene rings is 1. The summed E-state index contributed by atoms with van der Waals surface area (Å²) in [5.74, 6) is 0.454. The maximum Gasteiger partial charge on any atom is 0.184 e. The quantitative estimate of drug-likeness (QED) is 0.673. The van der Waals surface area contributed by atoms with E-state index in [1.165, 1.54) is 5.56 Å². The van der Waals surface area contributed by atoms with Crippen LogP contribution in [0, 0.1) is 5.92 Å². The van der Waals surface area contributed by atoms with Gasteiger partial charge in [-0.2, -0.15) is 0 Å². The zero-order valence-corrected chi connectivity index (χ0v) is 16.3. The molecule has 120 valence electrons. The van der Waals surface area contributed by atoms with Crippen molar-refractivity contribution in [2.24, 2.45) is 5.92 Å². The lowest BCUT2D eigenvalue weighted by molar-refractivity contribution is 0.0151. The summed E-state index contributed by atoms with van der Waals surface area (Å²) in [6, 6.07) is 8.14. The largest absolute Gasteiger partial charge is 0.412 e. The van der Waals surface area contributed by atoms with Crippen LogP contribution in [0.5, 0.6) is 0 Å². The van der Waals surface area contributed by atoms with E-state index in [1.54, 1.807) is 0 Å². The Morgan fingerprint density at radius 1 is 1.19 bits per heavy atom. The lowest BCUT2D eigenvalue weighted by Crippen LogP contribution is -2.49. The van der Waals surface area contributed by atoms with Crippen LogP contribution in [0.1, 0.15) is 19.4 Å². The van der Waals surface area contributed by atoms with Crippen molar-refractivity contribution < 1.29 is 4.43 Å². The van der Waals surface area contributed by atoms with Crippen molar-refractivity contribution in [1.82, 2.24) is 4.90 Å². The van der Waals surface area contributed by atoms with Gasteiger partial charge in [-0.05, 0) is 64.3 Å². The molecule has 21 heavy (non-hydrogen) atoms. The summed E-state index contributed by atoms with van der Waals surface area (Å²) in [5.41, 5.74) is 1.13. The first-order valence-electron chi connectivity index (χ1n) is 7.61. The molecular weight excluding hydrogens is 298 g/mol. The molecule has 0 amide bonds. The van der Waals surface area contributed by atoms with Gasteiger partial charge in [0.2, 0.25) is 0 Å². The van der Waals surface area contributed by atoms with Crippen LogP contribution in [0.2, 0.25) is 24.7 Å². The molecular formula is C17H30ClNOSi. The van der Waals surface area contributed by atoms with Crippen LogP contribution in [0.15, 0.2) is 24.3 Å². The Hall–Kier alpha value is -0.353. The van der Waals surface area contributed by atoms with Crippen LogP contribution in [-0.2, 0) is 10.8 Å². The van der Waals surface area contributed by atoms with Gasteiger partial charge in [0.05, 0.1) is 5.60 Å². The van der Waals surface area contributed by atoms with E-state index in [4.69, 9.17) is 16.0 Å². The fraction of sp³-hybridized carbons (Fsp3) is 0.647. The first-order valence-corrected chi connectivity index (χ1v) is 11.4. The molecule has 2 nitrogen and oxygen atoms in total. The third-order valence-electron chi connectivity index (χ3n) is 3.69. The maximum absolute atomic E-state index is 6.60. The third-order valence-corrected chi connectivity index (χ3v) is 5.02. The number of halogens is 1. The maximum atomic E-state index is 6.60. The second-order valence-corrected chi connectivity index (χ2v) is 12.4. The van der Waals surface area contributed by atoms with E-state index in [0.29, 0.717) is 5.92 Å². The molecule has 2 atom stereocenters. The van der Waals surface area contributed by atoms with Gasteiger partial charge in [0.25, 0.3) is 0 Å². The molecule has 0 aliphatic carbocycles. The van der Waals surface area contributed by atoms with Crippen molar-refractivity contribution in [3.05, 3.63) is 34.9 Å². The molecule has 0 bridgehead atoms. The molecule has 0 fully saturated rings. The highest BCUT2D eigenvalue weighted by Crippen LogP contribution is 2.31. The highest BCUT2D eigenvalue weighted by Gasteiger charge is 2.36. The van der Waals surface area contributed by atoms with E-state index in [9.17, 15) is 0 Å². The minimum Gasteiger partial charge on any atom is -0.412 e. The Bertz CT molecular complexity index is 441. The molecule has 0 saturated carbocycles. The van der Waals surface area contributed by atoms with E-state index in [2.05, 4.69) is 64.6 Å². The Balaban J connectivity index is 2.97. The number of rotatable bonds is 7. The van der Waals surface area contributed by atoms with Crippen molar-refractivity contribution >= 4 is 19.9 Å². The van der Waals surface area contributed by atoms with Crippen molar-refractivity contribution in [3.8, 4) is 0 Å². The molecule has 4 heteroatoms. The number of nitrogens with zero attached hydrogens (tertiary/aromatic N) is 1. The van der Waals surface area contributed by atoms with Crippen LogP contribution >= 0.6 is 11.6 Å². The topological polar surface area (TPSA) is 12.5 Å². The summed E-state index contributed by atoms with van der Waals surface area (Å²) < 4.78 is 6.60. The van der Waals surface area contributed by atoms with Gasteiger partial charge in [0, 0.05) is 18.0 Å². The van der Waals surface area contributed by atoms with Gasteiger partial charge in [-0.25, -0.2) is 0 Å². The van der Waals surface area contributed by atoms with Crippen LogP contribution in [0.25, 0.3) is 0 Å². The van der Waals surface area contributed by atoms with Gasteiger partial charge in [-0.15, -0.1) is 0 Å². The summed E-state index contributed by atoms with van der Waals surface area (Å²) in [4.78, 5) is 2.23. The Morgan fingerprint density at radius 3 is 2.14 bits per heavy atom. The molecule has 2 unspecified atom stereocenters. The van der Waals surface area contributed by atoms with Crippen molar-refractivity contribution in [2.45, 2.75) is 45.5 Å². The van der Waals surface area contributed by atoms with Crippen molar-refractivity contribution in [3.63, 3.8) is 0 Å². The molecule has 0 spiro atoms. The van der Waals surface area contributed by atoms with Crippen molar-refractivity contribution in [1.29, 1.82) is 0 Å². The Labute approximate surface area is 136 Å². The molecule has 0 aliphatic heterocycles. The fourth-order valence-electron chi connectivity index (χ4n) is 2.76. The van der Waals surface area contributed by atoms with Crippen LogP contribution in [0.3, 0.4) is 0 Å². The SMILES string of the molecule is CC(CN(C)C)C(C)(Cc1ccc(Cl)cc1)O[Si](C)(C)C. The molecule has 1 rings (SSSR count). The molecule has 0 N–H and O–H groups in total. The second kappa shape index (κ2) is 7.27. The monoisotopic (exact) mass is 327 g/mol. The zero-order valence-electron chi connectivity index (χ0n) is 14.5. The predicted octanol–water partition coefficient (Wildman–Crippen LogP) is 4.69. The lowest BCUT2D eigenvalue weighted by Gasteiger charge is -2.42. The number of hydrogen-bond donors (Lipinski definition) is 0. The van der Waals surface area contributed by atoms with Gasteiger partial charge >= 0.3 is 0 Å². The average Bonchev–Trinajstić information content (AvgIpc) is 2.29. The first kappa shape index (κ1) is 18.7. The zero-order chi connectivity index (χ0) is 16.3. The lowest BCUT2D eigenvalue weighted by atomic mass is 9.84. The number of hydrogen-bond acceptors (Lipinski definition) is 2. The summed E-state index contributed by atoms with van der Waals surface area (Å²) in [5, 5.41) is 0.785. The van der Waals surface area contributed by atoms with E-state index in [0.717, 1.165) is 18.0 Å². The summed E-state index contributed by atoms with van der Waals surface area (Å²) in [6.07, 6.45) is 0.920. The Kier molecular flexibility index (Phi) is 6.48. The summed E-state index contributed by atoms with van der Waals surface area (Å²) in [6.45, 7) is 12.3. The molecule has 0 heterocycles. The molecule has 1 aromatic rings. The Morgan fingerprint density at radius 2 is 1.71 bits per heavy atom. The first-order chi connectivity index (χ1) is 9.52. The summed E-state index contributed by atoms with van der Waals surface area (Å²) >= 11 is 5.99. The van der Waals surface area contributed by atoms with Gasteiger partial charge in [-0.3, -0.25) is 0 Å². The van der Waals surface area contributed by atoms with Gasteiger partial charge in [0.15, 0.2) is 8.32 Å². The minimum absolute atomic E-state index is 0.150. The van der Waals surface area contributed by atoms with E-state index < -0.39 is 8.32 Å². The van der Waals surface area contributed by atoms with Crippen molar-refractivity contribution in [2.75, 3.05) is 20.6 Å². The van der Waals surface area contributed by atoms with E-state index >= 15 is 0 Å². The van der Waals surface area contributed by atoms with Gasteiger partial charge < -0.3 is 9.33 Å². The van der Waals surface area contributed by atoms with Crippen LogP contribution < -0.4 is 0 Å². The van der Waals surface area contributed by atoms with E-state index in [-0.39, 0.29) is 5.60 Å². The molecule has 1 aromatic carbocycles. The van der Waals surface area contributed by atoms with Crippen LogP contribution in [0.4, 0.5) is 0 Å². The highest BCUT2D eigenvalue weighted by atomic mass is 35.5. The smallest absolute Gasteiger partial charge is 0.184 e. The predicted molar refractivity (Wildman–Crippen MR) is 95.7 cm³/mol.